The summed E-state index contributed by atoms with van der Waals surface area (Å²) in [6, 6.07) is 1.20. The highest BCUT2D eigenvalue weighted by molar-refractivity contribution is 5.69. The Balaban J connectivity index is 1.09. The molecule has 0 spiro atoms. The van der Waals surface area contributed by atoms with Crippen molar-refractivity contribution in [2.75, 3.05) is 6.61 Å². The number of esters is 1. The fourth-order valence-corrected chi connectivity index (χ4v) is 10.6. The van der Waals surface area contributed by atoms with E-state index in [1.807, 2.05) is 0 Å². The lowest BCUT2D eigenvalue weighted by molar-refractivity contribution is -0.151. The first-order chi connectivity index (χ1) is 22.9. The summed E-state index contributed by atoms with van der Waals surface area (Å²) in [6.07, 6.45) is 6.31. The number of benzene rings is 1. The molecule has 0 aliphatic heterocycles. The molecule has 3 fully saturated rings. The van der Waals surface area contributed by atoms with Gasteiger partial charge in [0.05, 0.1) is 17.7 Å². The Morgan fingerprint density at radius 2 is 1.55 bits per heavy atom. The largest absolute Gasteiger partial charge is 0.494 e. The average Bonchev–Trinajstić information content (AvgIpc) is 3.37. The molecule has 5 rings (SSSR count). The van der Waals surface area contributed by atoms with E-state index in [1.165, 1.54) is 50.5 Å². The van der Waals surface area contributed by atoms with Crippen LogP contribution in [0.2, 0.25) is 0 Å². The van der Waals surface area contributed by atoms with Gasteiger partial charge in [0.15, 0.2) is 0 Å². The molecule has 8 atom stereocenters. The van der Waals surface area contributed by atoms with Gasteiger partial charge in [-0.2, -0.15) is 26.3 Å². The van der Waals surface area contributed by atoms with Crippen molar-refractivity contribution in [3.63, 3.8) is 0 Å². The molecular formula is C40H56F6O3. The van der Waals surface area contributed by atoms with Crippen LogP contribution in [0, 0.1) is 46.3 Å². The number of allylic oxidation sites excluding steroid dienone is 1. The summed E-state index contributed by atoms with van der Waals surface area (Å²) in [6.45, 7) is 12.1. The van der Waals surface area contributed by atoms with Crippen LogP contribution in [0.3, 0.4) is 0 Å². The van der Waals surface area contributed by atoms with Crippen LogP contribution >= 0.6 is 0 Å². The molecule has 49 heavy (non-hydrogen) atoms. The molecule has 0 amide bonds. The lowest BCUT2D eigenvalue weighted by atomic mass is 9.47. The lowest BCUT2D eigenvalue weighted by Gasteiger charge is -2.58. The number of carbonyl (C=O) groups excluding carboxylic acids is 1. The Kier molecular flexibility index (Phi) is 11.5. The maximum Gasteiger partial charge on any atom is 0.416 e. The van der Waals surface area contributed by atoms with E-state index in [9.17, 15) is 31.1 Å². The summed E-state index contributed by atoms with van der Waals surface area (Å²) in [4.78, 5) is 12.7. The van der Waals surface area contributed by atoms with E-state index in [0.717, 1.165) is 55.3 Å². The van der Waals surface area contributed by atoms with E-state index < -0.39 is 29.2 Å². The number of fused-ring (bicyclic) bond motifs is 5. The van der Waals surface area contributed by atoms with Gasteiger partial charge in [-0.25, -0.2) is 0 Å². The number of alkyl halides is 6. The fraction of sp³-hybridized carbons (Fsp3) is 0.775. The second-order valence-corrected chi connectivity index (χ2v) is 16.7. The van der Waals surface area contributed by atoms with Crippen LogP contribution in [-0.2, 0) is 21.9 Å². The van der Waals surface area contributed by atoms with E-state index in [2.05, 4.69) is 40.7 Å². The van der Waals surface area contributed by atoms with Gasteiger partial charge in [-0.05, 0) is 122 Å². The molecule has 9 heteroatoms. The van der Waals surface area contributed by atoms with Gasteiger partial charge in [0, 0.05) is 12.8 Å². The first kappa shape index (κ1) is 38.1. The first-order valence-electron chi connectivity index (χ1n) is 18.7. The first-order valence-corrected chi connectivity index (χ1v) is 18.7. The number of hydrogen-bond acceptors (Lipinski definition) is 3. The van der Waals surface area contributed by atoms with Crippen molar-refractivity contribution in [3.8, 4) is 5.75 Å². The van der Waals surface area contributed by atoms with Gasteiger partial charge in [-0.1, -0.05) is 65.5 Å². The number of carbonyl (C=O) groups is 1. The van der Waals surface area contributed by atoms with Crippen molar-refractivity contribution in [2.45, 2.75) is 143 Å². The molecule has 4 aliphatic rings. The number of ether oxygens (including phenoxy) is 2. The number of unbranched alkanes of at least 4 members (excludes halogenated alkanes) is 1. The third kappa shape index (κ3) is 8.48. The van der Waals surface area contributed by atoms with Gasteiger partial charge >= 0.3 is 18.3 Å². The smallest absolute Gasteiger partial charge is 0.416 e. The lowest BCUT2D eigenvalue weighted by Crippen LogP contribution is -2.51. The molecule has 3 saturated carbocycles. The quantitative estimate of drug-likeness (QED) is 0.0943. The van der Waals surface area contributed by atoms with Crippen LogP contribution in [0.1, 0.15) is 136 Å². The standard InChI is InChI=1S/C40H56F6O3/c1-25(2)9-8-10-26(3)33-14-15-34-32-13-12-27-22-30(16-18-37(27,4)35(32)17-19-38(33,34)5)49-36(47)11-6-7-20-48-31-23-28(39(41,42)43)21-29(24-31)40(44,45)46/h12,21,23-26,30,32-35H,6-11,13-20,22H2,1-5H3. The highest BCUT2D eigenvalue weighted by atomic mass is 19.4. The summed E-state index contributed by atoms with van der Waals surface area (Å²) >= 11 is 0. The number of halogens is 6. The molecule has 1 aromatic carbocycles. The molecule has 0 aromatic heterocycles. The Morgan fingerprint density at radius 1 is 0.857 bits per heavy atom. The molecule has 0 saturated heterocycles. The van der Waals surface area contributed by atoms with Crippen molar-refractivity contribution in [2.24, 2.45) is 46.3 Å². The predicted molar refractivity (Wildman–Crippen MR) is 179 cm³/mol. The molecule has 8 unspecified atom stereocenters. The van der Waals surface area contributed by atoms with E-state index in [-0.39, 0.29) is 36.6 Å². The monoisotopic (exact) mass is 698 g/mol. The molecule has 0 radical (unpaired) electrons. The van der Waals surface area contributed by atoms with Gasteiger partial charge in [-0.3, -0.25) is 4.79 Å². The number of hydrogen-bond donors (Lipinski definition) is 0. The molecule has 0 N–H and O–H groups in total. The van der Waals surface area contributed by atoms with Gasteiger partial charge in [0.2, 0.25) is 0 Å². The Morgan fingerprint density at radius 3 is 2.20 bits per heavy atom. The molecule has 4 aliphatic carbocycles. The van der Waals surface area contributed by atoms with Crippen molar-refractivity contribution in [3.05, 3.63) is 41.0 Å². The molecule has 0 heterocycles. The van der Waals surface area contributed by atoms with Crippen LogP contribution in [0.15, 0.2) is 29.8 Å². The van der Waals surface area contributed by atoms with E-state index in [4.69, 9.17) is 9.47 Å². The summed E-state index contributed by atoms with van der Waals surface area (Å²) in [5.41, 5.74) is -0.789. The normalized spacial score (nSPS) is 32.2. The minimum absolute atomic E-state index is 0.0740. The van der Waals surface area contributed by atoms with Crippen LogP contribution in [-0.4, -0.2) is 18.7 Å². The summed E-state index contributed by atoms with van der Waals surface area (Å²) in [5, 5.41) is 0. The minimum Gasteiger partial charge on any atom is -0.494 e. The van der Waals surface area contributed by atoms with Gasteiger partial charge in [0.1, 0.15) is 11.9 Å². The van der Waals surface area contributed by atoms with Crippen molar-refractivity contribution in [1.29, 1.82) is 0 Å². The predicted octanol–water partition coefficient (Wildman–Crippen LogP) is 12.2. The second kappa shape index (κ2) is 14.8. The second-order valence-electron chi connectivity index (χ2n) is 16.7. The van der Waals surface area contributed by atoms with E-state index in [1.54, 1.807) is 0 Å². The number of rotatable bonds is 12. The zero-order chi connectivity index (χ0) is 35.8. The average molecular weight is 699 g/mol. The molecule has 1 aromatic rings. The Labute approximate surface area is 289 Å². The highest BCUT2D eigenvalue weighted by Crippen LogP contribution is 2.67. The molecule has 276 valence electrons. The van der Waals surface area contributed by atoms with E-state index >= 15 is 0 Å². The third-order valence-electron chi connectivity index (χ3n) is 13.2. The maximum atomic E-state index is 13.1. The van der Waals surface area contributed by atoms with Gasteiger partial charge in [-0.15, -0.1) is 0 Å². The molecule has 0 bridgehead atoms. The zero-order valence-electron chi connectivity index (χ0n) is 29.9. The van der Waals surface area contributed by atoms with E-state index in [0.29, 0.717) is 36.3 Å². The summed E-state index contributed by atoms with van der Waals surface area (Å²) in [7, 11) is 0. The Hall–Kier alpha value is -2.19. The van der Waals surface area contributed by atoms with Crippen molar-refractivity contribution < 1.29 is 40.6 Å². The third-order valence-corrected chi connectivity index (χ3v) is 13.2. The van der Waals surface area contributed by atoms with Gasteiger partial charge < -0.3 is 9.47 Å². The molecular weight excluding hydrogens is 642 g/mol. The topological polar surface area (TPSA) is 35.5 Å². The Bertz CT molecular complexity index is 1300. The van der Waals surface area contributed by atoms with Crippen LogP contribution in [0.25, 0.3) is 0 Å². The zero-order valence-corrected chi connectivity index (χ0v) is 29.9. The van der Waals surface area contributed by atoms with Crippen LogP contribution in [0.4, 0.5) is 26.3 Å². The SMILES string of the molecule is CC(C)CCCC(C)C1CCC2C3CC=C4CC(OC(=O)CCCCOc5cc(C(F)(F)F)cc(C(F)(F)F)c5)CCC4(C)C3CCC12C. The van der Waals surface area contributed by atoms with Crippen LogP contribution < -0.4 is 4.74 Å². The van der Waals surface area contributed by atoms with Crippen LogP contribution in [0.5, 0.6) is 5.75 Å². The molecule has 3 nitrogen and oxygen atoms in total. The summed E-state index contributed by atoms with van der Waals surface area (Å²) < 4.78 is 89.8. The van der Waals surface area contributed by atoms with Crippen molar-refractivity contribution >= 4 is 5.97 Å². The summed E-state index contributed by atoms with van der Waals surface area (Å²) in [5.74, 6) is 3.77. The highest BCUT2D eigenvalue weighted by Gasteiger charge is 2.59. The van der Waals surface area contributed by atoms with Gasteiger partial charge in [0.25, 0.3) is 0 Å². The minimum atomic E-state index is -4.93. The maximum absolute atomic E-state index is 13.1. The fourth-order valence-electron chi connectivity index (χ4n) is 10.6. The van der Waals surface area contributed by atoms with Crippen molar-refractivity contribution in [1.82, 2.24) is 0 Å².